The van der Waals surface area contributed by atoms with Crippen LogP contribution in [0, 0.1) is 0 Å². The summed E-state index contributed by atoms with van der Waals surface area (Å²) in [5, 5.41) is 1.90. The van der Waals surface area contributed by atoms with Gasteiger partial charge < -0.3 is 10.2 Å². The highest BCUT2D eigenvalue weighted by Crippen LogP contribution is 2.36. The van der Waals surface area contributed by atoms with Crippen LogP contribution >= 0.6 is 23.4 Å². The summed E-state index contributed by atoms with van der Waals surface area (Å²) in [6, 6.07) is 8.70. The van der Waals surface area contributed by atoms with Gasteiger partial charge in [0, 0.05) is 36.9 Å². The lowest BCUT2D eigenvalue weighted by molar-refractivity contribution is -0.137. The van der Waals surface area contributed by atoms with Crippen LogP contribution < -0.4 is 5.32 Å². The van der Waals surface area contributed by atoms with Crippen LogP contribution in [0.5, 0.6) is 0 Å². The molecule has 29 heavy (non-hydrogen) atoms. The van der Waals surface area contributed by atoms with Crippen molar-refractivity contribution in [2.45, 2.75) is 18.3 Å². The van der Waals surface area contributed by atoms with E-state index in [0.29, 0.717) is 11.5 Å². The van der Waals surface area contributed by atoms with Crippen LogP contribution in [0.25, 0.3) is 0 Å². The summed E-state index contributed by atoms with van der Waals surface area (Å²) in [6.07, 6.45) is -2.69. The normalized spacial score (nSPS) is 11.2. The molecule has 1 N–H and O–H groups in total. The predicted molar refractivity (Wildman–Crippen MR) is 108 cm³/mol. The van der Waals surface area contributed by atoms with Crippen LogP contribution in [0.4, 0.5) is 18.9 Å². The molecule has 2 amide bonds. The molecule has 1 aromatic heterocycles. The maximum Gasteiger partial charge on any atom is 0.417 e. The zero-order valence-electron chi connectivity index (χ0n) is 15.5. The van der Waals surface area contributed by atoms with Gasteiger partial charge in [0.1, 0.15) is 0 Å². The monoisotopic (exact) mass is 445 g/mol. The van der Waals surface area contributed by atoms with E-state index in [1.54, 1.807) is 18.0 Å². The third-order valence-corrected chi connectivity index (χ3v) is 5.12. The van der Waals surface area contributed by atoms with E-state index in [9.17, 15) is 22.8 Å². The molecule has 1 heterocycles. The maximum absolute atomic E-state index is 12.9. The van der Waals surface area contributed by atoms with Gasteiger partial charge in [0.15, 0.2) is 0 Å². The molecular formula is C19H19ClF3N3O2S. The van der Waals surface area contributed by atoms with E-state index in [1.165, 1.54) is 18.0 Å². The van der Waals surface area contributed by atoms with Crippen LogP contribution in [0.15, 0.2) is 42.6 Å². The average Bonchev–Trinajstić information content (AvgIpc) is 2.66. The fraction of sp³-hybridized carbons (Fsp3) is 0.316. The van der Waals surface area contributed by atoms with Crippen molar-refractivity contribution in [2.24, 2.45) is 0 Å². The molecular weight excluding hydrogens is 427 g/mol. The minimum Gasteiger partial charge on any atom is -0.336 e. The van der Waals surface area contributed by atoms with Crippen molar-refractivity contribution in [1.82, 2.24) is 9.88 Å². The highest BCUT2D eigenvalue weighted by molar-refractivity contribution is 7.98. The third kappa shape index (κ3) is 7.58. The van der Waals surface area contributed by atoms with Crippen molar-refractivity contribution < 1.29 is 22.8 Å². The SMILES string of the molecule is CN(CC(=O)Nc1ccc(Cl)c(C(F)(F)F)c1)C(=O)CCSCc1ccccn1. The number of hydrogen-bond donors (Lipinski definition) is 1. The lowest BCUT2D eigenvalue weighted by Gasteiger charge is -2.17. The van der Waals surface area contributed by atoms with Crippen molar-refractivity contribution >= 4 is 40.9 Å². The Balaban J connectivity index is 1.78. The Kier molecular flexibility index (Phi) is 8.33. The van der Waals surface area contributed by atoms with Crippen molar-refractivity contribution in [3.05, 3.63) is 58.9 Å². The van der Waals surface area contributed by atoms with E-state index in [4.69, 9.17) is 11.6 Å². The Morgan fingerprint density at radius 3 is 2.66 bits per heavy atom. The summed E-state index contributed by atoms with van der Waals surface area (Å²) in [5.41, 5.74) is -0.163. The molecule has 0 radical (unpaired) electrons. The quantitative estimate of drug-likeness (QED) is 0.609. The van der Waals surface area contributed by atoms with Crippen molar-refractivity contribution in [2.75, 3.05) is 24.7 Å². The van der Waals surface area contributed by atoms with Crippen molar-refractivity contribution in [3.8, 4) is 0 Å². The highest BCUT2D eigenvalue weighted by Gasteiger charge is 2.33. The van der Waals surface area contributed by atoms with Gasteiger partial charge in [-0.05, 0) is 30.3 Å². The molecule has 5 nitrogen and oxygen atoms in total. The first-order valence-corrected chi connectivity index (χ1v) is 10.1. The standard InChI is InChI=1S/C19H19ClF3N3O2S/c1-26(18(28)7-9-29-12-14-4-2-3-8-24-14)11-17(27)25-13-5-6-16(20)15(10-13)19(21,22)23/h2-6,8,10H,7,9,11-12H2,1H3,(H,25,27). The molecule has 0 spiro atoms. The number of carbonyl (C=O) groups excluding carboxylic acids is 2. The summed E-state index contributed by atoms with van der Waals surface area (Å²) in [6.45, 7) is -0.270. The third-order valence-electron chi connectivity index (χ3n) is 3.80. The number of anilines is 1. The smallest absolute Gasteiger partial charge is 0.336 e. The van der Waals surface area contributed by atoms with Crippen LogP contribution in [0.2, 0.25) is 5.02 Å². The lowest BCUT2D eigenvalue weighted by Crippen LogP contribution is -2.35. The molecule has 0 bridgehead atoms. The molecule has 0 atom stereocenters. The van der Waals surface area contributed by atoms with E-state index in [2.05, 4.69) is 10.3 Å². The van der Waals surface area contributed by atoms with E-state index < -0.39 is 22.7 Å². The van der Waals surface area contributed by atoms with Gasteiger partial charge in [-0.25, -0.2) is 0 Å². The largest absolute Gasteiger partial charge is 0.417 e. The second-order valence-electron chi connectivity index (χ2n) is 6.11. The number of nitrogens with zero attached hydrogens (tertiary/aromatic N) is 2. The Morgan fingerprint density at radius 1 is 1.24 bits per heavy atom. The zero-order valence-corrected chi connectivity index (χ0v) is 17.1. The zero-order chi connectivity index (χ0) is 21.4. The van der Waals surface area contributed by atoms with Crippen LogP contribution in [-0.4, -0.2) is 41.0 Å². The van der Waals surface area contributed by atoms with Gasteiger partial charge >= 0.3 is 6.18 Å². The summed E-state index contributed by atoms with van der Waals surface area (Å²) in [4.78, 5) is 29.6. The molecule has 0 saturated heterocycles. The first kappa shape index (κ1) is 23.0. The molecule has 1 aromatic carbocycles. The fourth-order valence-corrected chi connectivity index (χ4v) is 3.40. The number of amides is 2. The van der Waals surface area contributed by atoms with Gasteiger partial charge in [-0.3, -0.25) is 14.6 Å². The Labute approximate surface area is 175 Å². The summed E-state index contributed by atoms with van der Waals surface area (Å²) < 4.78 is 38.6. The number of pyridine rings is 1. The number of benzene rings is 1. The fourth-order valence-electron chi connectivity index (χ4n) is 2.33. The molecule has 0 aliphatic carbocycles. The van der Waals surface area contributed by atoms with Gasteiger partial charge in [0.25, 0.3) is 0 Å². The number of hydrogen-bond acceptors (Lipinski definition) is 4. The molecule has 2 aromatic rings. The van der Waals surface area contributed by atoms with E-state index in [-0.39, 0.29) is 24.6 Å². The minimum atomic E-state index is -4.63. The van der Waals surface area contributed by atoms with Gasteiger partial charge in [0.2, 0.25) is 11.8 Å². The highest BCUT2D eigenvalue weighted by atomic mass is 35.5. The second kappa shape index (κ2) is 10.5. The van der Waals surface area contributed by atoms with Crippen LogP contribution in [-0.2, 0) is 21.5 Å². The minimum absolute atomic E-state index is 0.0431. The topological polar surface area (TPSA) is 62.3 Å². The van der Waals surface area contributed by atoms with Crippen LogP contribution in [0.1, 0.15) is 17.7 Å². The number of nitrogens with one attached hydrogen (secondary N) is 1. The first-order valence-electron chi connectivity index (χ1n) is 8.55. The van der Waals surface area contributed by atoms with E-state index in [1.807, 2.05) is 18.2 Å². The van der Waals surface area contributed by atoms with Crippen molar-refractivity contribution in [1.29, 1.82) is 0 Å². The van der Waals surface area contributed by atoms with E-state index in [0.717, 1.165) is 17.8 Å². The lowest BCUT2D eigenvalue weighted by atomic mass is 10.2. The average molecular weight is 446 g/mol. The number of thioether (sulfide) groups is 1. The first-order chi connectivity index (χ1) is 13.7. The van der Waals surface area contributed by atoms with Gasteiger partial charge in [-0.15, -0.1) is 0 Å². The summed E-state index contributed by atoms with van der Waals surface area (Å²) >= 11 is 7.10. The molecule has 2 rings (SSSR count). The Bertz CT molecular complexity index is 850. The molecule has 10 heteroatoms. The Morgan fingerprint density at radius 2 is 2.00 bits per heavy atom. The number of halogens is 4. The molecule has 0 unspecified atom stereocenters. The summed E-state index contributed by atoms with van der Waals surface area (Å²) in [5.74, 6) is 0.405. The number of alkyl halides is 3. The molecule has 0 saturated carbocycles. The summed E-state index contributed by atoms with van der Waals surface area (Å²) in [7, 11) is 1.47. The second-order valence-corrected chi connectivity index (χ2v) is 7.63. The molecule has 0 fully saturated rings. The predicted octanol–water partition coefficient (Wildman–Crippen LogP) is 4.47. The number of aromatic nitrogens is 1. The van der Waals surface area contributed by atoms with Crippen LogP contribution in [0.3, 0.4) is 0 Å². The van der Waals surface area contributed by atoms with Gasteiger partial charge in [-0.1, -0.05) is 17.7 Å². The van der Waals surface area contributed by atoms with E-state index >= 15 is 0 Å². The number of carbonyl (C=O) groups is 2. The van der Waals surface area contributed by atoms with Gasteiger partial charge in [0.05, 0.1) is 22.8 Å². The van der Waals surface area contributed by atoms with Crippen molar-refractivity contribution in [3.63, 3.8) is 0 Å². The Hall–Kier alpha value is -2.26. The number of likely N-dealkylation sites (N-methyl/N-ethyl adjacent to an activating group) is 1. The molecule has 0 aliphatic heterocycles. The number of rotatable bonds is 8. The maximum atomic E-state index is 12.9. The molecule has 156 valence electrons. The molecule has 0 aliphatic rings. The van der Waals surface area contributed by atoms with Gasteiger partial charge in [-0.2, -0.15) is 24.9 Å².